The fraction of sp³-hybridized carbons (Fsp3) is 0.632. The number of nitrogens with zero attached hydrogens (tertiary/aromatic N) is 3. The number of likely N-dealkylation sites (N-methyl/N-ethyl adjacent to an activating group) is 1. The van der Waals surface area contributed by atoms with E-state index in [0.29, 0.717) is 0 Å². The summed E-state index contributed by atoms with van der Waals surface area (Å²) < 4.78 is 0. The van der Waals surface area contributed by atoms with Gasteiger partial charge in [0.1, 0.15) is 0 Å². The minimum atomic E-state index is 0.0928. The number of urea groups is 1. The van der Waals surface area contributed by atoms with Gasteiger partial charge in [-0.05, 0) is 44.5 Å². The number of rotatable bonds is 3. The minimum absolute atomic E-state index is 0.0928. The molecule has 1 aromatic carbocycles. The van der Waals surface area contributed by atoms with Gasteiger partial charge < -0.3 is 15.1 Å². The van der Waals surface area contributed by atoms with Gasteiger partial charge in [-0.25, -0.2) is 4.79 Å². The molecule has 3 rings (SSSR count). The molecule has 0 aliphatic carbocycles. The quantitative estimate of drug-likeness (QED) is 0.918. The molecular formula is C19H30N4O. The second-order valence-electron chi connectivity index (χ2n) is 7.25. The monoisotopic (exact) mass is 330 g/mol. The Morgan fingerprint density at radius 1 is 1.12 bits per heavy atom. The van der Waals surface area contributed by atoms with Crippen LogP contribution in [0, 0.1) is 0 Å². The van der Waals surface area contributed by atoms with Gasteiger partial charge in [-0.1, -0.05) is 24.3 Å². The third-order valence-corrected chi connectivity index (χ3v) is 5.12. The predicted octanol–water partition coefficient (Wildman–Crippen LogP) is 1.78. The molecule has 24 heavy (non-hydrogen) atoms. The largest absolute Gasteiger partial charge is 0.334 e. The minimum Gasteiger partial charge on any atom is -0.334 e. The number of nitrogens with one attached hydrogen (secondary N) is 1. The van der Waals surface area contributed by atoms with Crippen LogP contribution in [-0.4, -0.2) is 73.1 Å². The predicted molar refractivity (Wildman–Crippen MR) is 97.1 cm³/mol. The van der Waals surface area contributed by atoms with Crippen LogP contribution in [0.4, 0.5) is 4.79 Å². The molecule has 2 amide bonds. The molecule has 5 heteroatoms. The van der Waals surface area contributed by atoms with Crippen molar-refractivity contribution in [3.8, 4) is 0 Å². The van der Waals surface area contributed by atoms with Crippen molar-refractivity contribution in [2.24, 2.45) is 0 Å². The summed E-state index contributed by atoms with van der Waals surface area (Å²) >= 11 is 0. The van der Waals surface area contributed by atoms with Crippen LogP contribution in [0.5, 0.6) is 0 Å². The highest BCUT2D eigenvalue weighted by atomic mass is 16.2. The summed E-state index contributed by atoms with van der Waals surface area (Å²) in [7, 11) is 2.12. The lowest BCUT2D eigenvalue weighted by Gasteiger charge is -2.32. The molecule has 1 unspecified atom stereocenters. The number of fused-ring (bicyclic) bond motifs is 1. The van der Waals surface area contributed by atoms with Crippen molar-refractivity contribution < 1.29 is 4.79 Å². The van der Waals surface area contributed by atoms with Gasteiger partial charge in [0.2, 0.25) is 0 Å². The molecule has 0 bridgehead atoms. The van der Waals surface area contributed by atoms with Gasteiger partial charge in [-0.2, -0.15) is 0 Å². The van der Waals surface area contributed by atoms with Crippen molar-refractivity contribution in [1.29, 1.82) is 0 Å². The number of benzene rings is 1. The van der Waals surface area contributed by atoms with Crippen molar-refractivity contribution in [1.82, 2.24) is 20.0 Å². The van der Waals surface area contributed by atoms with Crippen molar-refractivity contribution in [2.75, 3.05) is 46.3 Å². The summed E-state index contributed by atoms with van der Waals surface area (Å²) in [5.41, 5.74) is 2.90. The molecule has 1 atom stereocenters. The Morgan fingerprint density at radius 3 is 2.75 bits per heavy atom. The van der Waals surface area contributed by atoms with Crippen LogP contribution < -0.4 is 5.32 Å². The van der Waals surface area contributed by atoms with Gasteiger partial charge in [-0.15, -0.1) is 0 Å². The van der Waals surface area contributed by atoms with Crippen LogP contribution in [0.3, 0.4) is 0 Å². The Bertz CT molecular complexity index is 562. The van der Waals surface area contributed by atoms with Crippen molar-refractivity contribution in [2.45, 2.75) is 32.4 Å². The van der Waals surface area contributed by atoms with Gasteiger partial charge in [0, 0.05) is 45.3 Å². The molecule has 5 nitrogen and oxygen atoms in total. The smallest absolute Gasteiger partial charge is 0.317 e. The molecule has 1 fully saturated rings. The number of hydrogen-bond donors (Lipinski definition) is 1. The summed E-state index contributed by atoms with van der Waals surface area (Å²) in [6, 6.07) is 8.95. The van der Waals surface area contributed by atoms with Crippen LogP contribution in [0.1, 0.15) is 24.5 Å². The maximum atomic E-state index is 12.5. The molecule has 0 radical (unpaired) electrons. The number of carbonyl (C=O) groups is 1. The molecule has 1 aromatic rings. The Hall–Kier alpha value is -1.59. The third-order valence-electron chi connectivity index (χ3n) is 5.12. The Balaban J connectivity index is 1.47. The zero-order valence-corrected chi connectivity index (χ0v) is 15.0. The maximum absolute atomic E-state index is 12.5. The normalized spacial score (nSPS) is 21.0. The average Bonchev–Trinajstić information content (AvgIpc) is 2.79. The van der Waals surface area contributed by atoms with E-state index in [4.69, 9.17) is 0 Å². The zero-order chi connectivity index (χ0) is 16.9. The van der Waals surface area contributed by atoms with Gasteiger partial charge in [0.05, 0.1) is 0 Å². The molecular weight excluding hydrogens is 300 g/mol. The van der Waals surface area contributed by atoms with E-state index in [-0.39, 0.29) is 12.1 Å². The molecule has 0 spiro atoms. The lowest BCUT2D eigenvalue weighted by molar-refractivity contribution is 0.185. The van der Waals surface area contributed by atoms with E-state index in [9.17, 15) is 4.79 Å². The summed E-state index contributed by atoms with van der Waals surface area (Å²) in [4.78, 5) is 19.2. The molecule has 2 heterocycles. The van der Waals surface area contributed by atoms with Gasteiger partial charge in [-0.3, -0.25) is 4.90 Å². The van der Waals surface area contributed by atoms with Crippen LogP contribution in [0.2, 0.25) is 0 Å². The SMILES string of the molecule is CC(CN1CCc2ccccc2C1)NC(=O)N1CCCN(C)CC1. The van der Waals surface area contributed by atoms with E-state index in [2.05, 4.69) is 53.4 Å². The van der Waals surface area contributed by atoms with Gasteiger partial charge in [0.15, 0.2) is 0 Å². The summed E-state index contributed by atoms with van der Waals surface area (Å²) in [6.45, 7) is 8.82. The van der Waals surface area contributed by atoms with Crippen LogP contribution in [-0.2, 0) is 13.0 Å². The highest BCUT2D eigenvalue weighted by molar-refractivity contribution is 5.74. The summed E-state index contributed by atoms with van der Waals surface area (Å²) in [5, 5.41) is 3.19. The Kier molecular flexibility index (Phi) is 5.74. The Morgan fingerprint density at radius 2 is 1.92 bits per heavy atom. The highest BCUT2D eigenvalue weighted by Crippen LogP contribution is 2.18. The summed E-state index contributed by atoms with van der Waals surface area (Å²) in [5.74, 6) is 0. The first-order valence-corrected chi connectivity index (χ1v) is 9.15. The fourth-order valence-electron chi connectivity index (χ4n) is 3.69. The van der Waals surface area contributed by atoms with Crippen LogP contribution >= 0.6 is 0 Å². The van der Waals surface area contributed by atoms with E-state index in [0.717, 1.165) is 58.7 Å². The van der Waals surface area contributed by atoms with Gasteiger partial charge in [0.25, 0.3) is 0 Å². The van der Waals surface area contributed by atoms with Crippen molar-refractivity contribution >= 4 is 6.03 Å². The number of hydrogen-bond acceptors (Lipinski definition) is 3. The first-order chi connectivity index (χ1) is 11.6. The van der Waals surface area contributed by atoms with E-state index in [1.165, 1.54) is 11.1 Å². The Labute approximate surface area is 145 Å². The number of carbonyl (C=O) groups excluding carboxylic acids is 1. The average molecular weight is 330 g/mol. The molecule has 0 aromatic heterocycles. The second-order valence-corrected chi connectivity index (χ2v) is 7.25. The summed E-state index contributed by atoms with van der Waals surface area (Å²) in [6.07, 6.45) is 2.16. The van der Waals surface area contributed by atoms with Gasteiger partial charge >= 0.3 is 6.03 Å². The lowest BCUT2D eigenvalue weighted by atomic mass is 10.00. The van der Waals surface area contributed by atoms with E-state index >= 15 is 0 Å². The van der Waals surface area contributed by atoms with E-state index < -0.39 is 0 Å². The first-order valence-electron chi connectivity index (χ1n) is 9.15. The number of amides is 2. The van der Waals surface area contributed by atoms with Crippen molar-refractivity contribution in [3.63, 3.8) is 0 Å². The first kappa shape index (κ1) is 17.2. The second kappa shape index (κ2) is 7.99. The highest BCUT2D eigenvalue weighted by Gasteiger charge is 2.21. The van der Waals surface area contributed by atoms with Crippen molar-refractivity contribution in [3.05, 3.63) is 35.4 Å². The lowest BCUT2D eigenvalue weighted by Crippen LogP contribution is -2.49. The molecule has 132 valence electrons. The molecule has 0 saturated carbocycles. The molecule has 1 saturated heterocycles. The molecule has 2 aliphatic heterocycles. The third kappa shape index (κ3) is 4.48. The van der Waals surface area contributed by atoms with Crippen LogP contribution in [0.15, 0.2) is 24.3 Å². The van der Waals surface area contributed by atoms with E-state index in [1.807, 2.05) is 4.90 Å². The molecule has 1 N–H and O–H groups in total. The molecule has 2 aliphatic rings. The standard InChI is InChI=1S/C19H30N4O/c1-16(20-19(24)23-10-5-9-21(2)12-13-23)14-22-11-8-17-6-3-4-7-18(17)15-22/h3-4,6-7,16H,5,8-15H2,1-2H3,(H,20,24). The van der Waals surface area contributed by atoms with E-state index in [1.54, 1.807) is 0 Å². The topological polar surface area (TPSA) is 38.8 Å². The maximum Gasteiger partial charge on any atom is 0.317 e. The zero-order valence-electron chi connectivity index (χ0n) is 15.0. The fourth-order valence-corrected chi connectivity index (χ4v) is 3.69. The van der Waals surface area contributed by atoms with Crippen LogP contribution in [0.25, 0.3) is 0 Å².